The number of carbonyl (C=O) groups excluding carboxylic acids is 3. The summed E-state index contributed by atoms with van der Waals surface area (Å²) in [6, 6.07) is 4.26. The quantitative estimate of drug-likeness (QED) is 0.248. The van der Waals surface area contributed by atoms with Crippen molar-refractivity contribution >= 4 is 23.5 Å². The van der Waals surface area contributed by atoms with Crippen molar-refractivity contribution < 1.29 is 29.0 Å². The lowest BCUT2D eigenvalue weighted by Gasteiger charge is -2.41. The number of nitrogens with zero attached hydrogens (tertiary/aromatic N) is 2. The molecule has 39 heavy (non-hydrogen) atoms. The first-order valence-corrected chi connectivity index (χ1v) is 14.0. The fourth-order valence-corrected chi connectivity index (χ4v) is 6.95. The number of esters is 1. The van der Waals surface area contributed by atoms with Gasteiger partial charge in [0, 0.05) is 12.2 Å². The van der Waals surface area contributed by atoms with Crippen molar-refractivity contribution in [3.8, 4) is 0 Å². The molecule has 1 spiro atoms. The molecule has 1 aromatic rings. The van der Waals surface area contributed by atoms with Crippen LogP contribution in [0, 0.1) is 31.6 Å². The predicted molar refractivity (Wildman–Crippen MR) is 149 cm³/mol. The average molecular weight is 539 g/mol. The van der Waals surface area contributed by atoms with Crippen molar-refractivity contribution in [3.63, 3.8) is 0 Å². The van der Waals surface area contributed by atoms with Crippen LogP contribution in [0.1, 0.15) is 50.7 Å². The molecule has 8 heteroatoms. The molecular formula is C31H42N2O6. The molecule has 3 saturated heterocycles. The molecule has 0 saturated carbocycles. The summed E-state index contributed by atoms with van der Waals surface area (Å²) in [5.74, 6) is -2.79. The second-order valence-corrected chi connectivity index (χ2v) is 11.2. The number of hydrogen-bond donors (Lipinski definition) is 1. The summed E-state index contributed by atoms with van der Waals surface area (Å²) in [6.07, 6.45) is 5.10. The maximum absolute atomic E-state index is 14.7. The van der Waals surface area contributed by atoms with E-state index in [1.165, 1.54) is 0 Å². The van der Waals surface area contributed by atoms with Crippen molar-refractivity contribution in [1.82, 2.24) is 4.90 Å². The van der Waals surface area contributed by atoms with Gasteiger partial charge in [0.25, 0.3) is 5.91 Å². The van der Waals surface area contributed by atoms with Crippen LogP contribution in [0.4, 0.5) is 5.69 Å². The van der Waals surface area contributed by atoms with Crippen molar-refractivity contribution in [2.45, 2.75) is 77.2 Å². The third-order valence-electron chi connectivity index (χ3n) is 8.94. The van der Waals surface area contributed by atoms with Crippen LogP contribution in [0.15, 0.2) is 43.5 Å². The Morgan fingerprint density at radius 1 is 1.28 bits per heavy atom. The maximum atomic E-state index is 14.7. The van der Waals surface area contributed by atoms with Crippen molar-refractivity contribution in [2.75, 3.05) is 24.7 Å². The van der Waals surface area contributed by atoms with Gasteiger partial charge in [0.2, 0.25) is 5.91 Å². The number of likely N-dealkylation sites (tertiary alicyclic amines) is 1. The molecule has 0 radical (unpaired) electrons. The van der Waals surface area contributed by atoms with Crippen LogP contribution >= 0.6 is 0 Å². The van der Waals surface area contributed by atoms with Gasteiger partial charge in [-0.2, -0.15) is 0 Å². The number of benzene rings is 1. The minimum atomic E-state index is -1.17. The molecule has 0 aliphatic carbocycles. The van der Waals surface area contributed by atoms with Gasteiger partial charge < -0.3 is 24.4 Å². The minimum Gasteiger partial charge on any atom is -0.465 e. The van der Waals surface area contributed by atoms with Crippen LogP contribution in [0.25, 0.3) is 0 Å². The number of fused-ring (bicyclic) bond motifs is 1. The van der Waals surface area contributed by atoms with Gasteiger partial charge in [0.05, 0.1) is 37.2 Å². The molecule has 2 bridgehead atoms. The number of ether oxygens (including phenoxy) is 2. The SMILES string of the molecule is C=CCCOC(=O)[C@@H]1[C@H]2C(=O)N([C@@H](CO)[C@@H](C)CC)C(C(=O)N(CC=C)c3c(C)cccc3C)C23CC[C@H]1O3. The van der Waals surface area contributed by atoms with Crippen LogP contribution in [-0.4, -0.2) is 71.3 Å². The fourth-order valence-electron chi connectivity index (χ4n) is 6.95. The Hall–Kier alpha value is -2.97. The van der Waals surface area contributed by atoms with Crippen LogP contribution in [0.3, 0.4) is 0 Å². The normalized spacial score (nSPS) is 28.6. The number of rotatable bonds is 12. The third-order valence-corrected chi connectivity index (χ3v) is 8.94. The molecule has 212 valence electrons. The van der Waals surface area contributed by atoms with Crippen LogP contribution in [-0.2, 0) is 23.9 Å². The van der Waals surface area contributed by atoms with E-state index in [1.54, 1.807) is 22.0 Å². The van der Waals surface area contributed by atoms with Gasteiger partial charge in [-0.3, -0.25) is 14.4 Å². The van der Waals surface area contributed by atoms with Crippen molar-refractivity contribution in [1.29, 1.82) is 0 Å². The fraction of sp³-hybridized carbons (Fsp3) is 0.581. The lowest BCUT2D eigenvalue weighted by Crippen LogP contribution is -2.60. The van der Waals surface area contributed by atoms with Gasteiger partial charge in [-0.05, 0) is 50.2 Å². The van der Waals surface area contributed by atoms with E-state index in [-0.39, 0.29) is 37.5 Å². The molecule has 3 aliphatic heterocycles. The van der Waals surface area contributed by atoms with E-state index in [0.29, 0.717) is 25.7 Å². The molecule has 3 aliphatic rings. The Bertz CT molecular complexity index is 1110. The standard InChI is InChI=1S/C31H42N2O6/c1-7-10-17-38-30(37)24-23-14-15-31(39-23)25(24)28(35)33(22(18-34)19(4)9-3)27(31)29(36)32(16-8-2)26-20(5)12-11-13-21(26)6/h7-8,11-13,19,22-25,27,34H,1-2,9-10,14-18H2,3-6H3/t19-,22-,23+,24-,25-,27?,31?/m0/s1. The Labute approximate surface area is 231 Å². The van der Waals surface area contributed by atoms with E-state index >= 15 is 0 Å². The summed E-state index contributed by atoms with van der Waals surface area (Å²) in [5, 5.41) is 10.5. The Morgan fingerprint density at radius 2 is 1.97 bits per heavy atom. The molecule has 0 aromatic heterocycles. The maximum Gasteiger partial charge on any atom is 0.312 e. The van der Waals surface area contributed by atoms with Crippen LogP contribution in [0.5, 0.6) is 0 Å². The average Bonchev–Trinajstić information content (AvgIpc) is 3.56. The number of aliphatic hydroxyl groups excluding tert-OH is 1. The number of aliphatic hydroxyl groups is 1. The number of carbonyl (C=O) groups is 3. The lowest BCUT2D eigenvalue weighted by atomic mass is 9.70. The monoisotopic (exact) mass is 538 g/mol. The van der Waals surface area contributed by atoms with Gasteiger partial charge in [-0.1, -0.05) is 50.6 Å². The summed E-state index contributed by atoms with van der Waals surface area (Å²) >= 11 is 0. The first kappa shape index (κ1) is 29.0. The van der Waals surface area contributed by atoms with Crippen LogP contribution in [0.2, 0.25) is 0 Å². The minimum absolute atomic E-state index is 0.0762. The first-order chi connectivity index (χ1) is 18.7. The molecule has 2 amide bonds. The van der Waals surface area contributed by atoms with Gasteiger partial charge in [-0.15, -0.1) is 13.2 Å². The summed E-state index contributed by atoms with van der Waals surface area (Å²) < 4.78 is 12.1. The van der Waals surface area contributed by atoms with E-state index in [1.807, 2.05) is 45.9 Å². The van der Waals surface area contributed by atoms with Crippen molar-refractivity contribution in [3.05, 3.63) is 54.6 Å². The number of amides is 2. The van der Waals surface area contributed by atoms with E-state index in [9.17, 15) is 19.5 Å². The highest BCUT2D eigenvalue weighted by atomic mass is 16.6. The topological polar surface area (TPSA) is 96.4 Å². The predicted octanol–water partition coefficient (Wildman–Crippen LogP) is 3.72. The van der Waals surface area contributed by atoms with Gasteiger partial charge >= 0.3 is 5.97 Å². The first-order valence-electron chi connectivity index (χ1n) is 14.0. The van der Waals surface area contributed by atoms with E-state index in [4.69, 9.17) is 9.47 Å². The molecule has 2 unspecified atom stereocenters. The molecule has 7 atom stereocenters. The summed E-state index contributed by atoms with van der Waals surface area (Å²) in [5.41, 5.74) is 1.46. The van der Waals surface area contributed by atoms with Crippen LogP contribution < -0.4 is 4.90 Å². The number of para-hydroxylation sites is 1. The van der Waals surface area contributed by atoms with E-state index in [0.717, 1.165) is 16.8 Å². The molecule has 3 fully saturated rings. The Morgan fingerprint density at radius 3 is 2.56 bits per heavy atom. The van der Waals surface area contributed by atoms with E-state index < -0.39 is 41.6 Å². The number of anilines is 1. The second-order valence-electron chi connectivity index (χ2n) is 11.2. The highest BCUT2D eigenvalue weighted by Crippen LogP contribution is 2.59. The zero-order valence-electron chi connectivity index (χ0n) is 23.6. The van der Waals surface area contributed by atoms with Gasteiger partial charge in [0.15, 0.2) is 0 Å². The zero-order chi connectivity index (χ0) is 28.5. The second kappa shape index (κ2) is 11.6. The highest BCUT2D eigenvalue weighted by molar-refractivity contribution is 6.05. The number of aryl methyl sites for hydroxylation is 2. The molecule has 3 heterocycles. The number of hydrogen-bond acceptors (Lipinski definition) is 6. The Balaban J connectivity index is 1.83. The highest BCUT2D eigenvalue weighted by Gasteiger charge is 2.75. The zero-order valence-corrected chi connectivity index (χ0v) is 23.6. The lowest BCUT2D eigenvalue weighted by molar-refractivity contribution is -0.156. The van der Waals surface area contributed by atoms with Gasteiger partial charge in [-0.25, -0.2) is 0 Å². The van der Waals surface area contributed by atoms with Gasteiger partial charge in [0.1, 0.15) is 11.6 Å². The summed E-state index contributed by atoms with van der Waals surface area (Å²) in [6.45, 7) is 15.5. The summed E-state index contributed by atoms with van der Waals surface area (Å²) in [4.78, 5) is 45.6. The molecule has 4 rings (SSSR count). The third kappa shape index (κ3) is 4.72. The largest absolute Gasteiger partial charge is 0.465 e. The van der Waals surface area contributed by atoms with E-state index in [2.05, 4.69) is 13.2 Å². The van der Waals surface area contributed by atoms with Crippen molar-refractivity contribution in [2.24, 2.45) is 17.8 Å². The molecule has 8 nitrogen and oxygen atoms in total. The molecule has 1 aromatic carbocycles. The molecule has 1 N–H and O–H groups in total. The summed E-state index contributed by atoms with van der Waals surface area (Å²) in [7, 11) is 0. The Kier molecular flexibility index (Phi) is 8.66. The molecular weight excluding hydrogens is 496 g/mol. The smallest absolute Gasteiger partial charge is 0.312 e.